The first-order valence-corrected chi connectivity index (χ1v) is 9.26. The summed E-state index contributed by atoms with van der Waals surface area (Å²) in [5.74, 6) is -0.0546. The number of hydrazone groups is 1. The van der Waals surface area contributed by atoms with Crippen molar-refractivity contribution in [1.82, 2.24) is 10.4 Å². The van der Waals surface area contributed by atoms with Gasteiger partial charge in [-0.15, -0.1) is 0 Å². The van der Waals surface area contributed by atoms with Gasteiger partial charge in [0.25, 0.3) is 5.91 Å². The number of ether oxygens (including phenoxy) is 1. The van der Waals surface area contributed by atoms with Gasteiger partial charge in [-0.2, -0.15) is 5.10 Å². The molecule has 7 heteroatoms. The van der Waals surface area contributed by atoms with Crippen molar-refractivity contribution >= 4 is 34.8 Å². The number of benzene rings is 2. The molecule has 0 aliphatic heterocycles. The lowest BCUT2D eigenvalue weighted by Gasteiger charge is -2.15. The summed E-state index contributed by atoms with van der Waals surface area (Å²) in [6, 6.07) is 19.8. The highest BCUT2D eigenvalue weighted by atomic mass is 35.5. The fourth-order valence-corrected chi connectivity index (χ4v) is 2.84. The molecule has 2 aromatic carbocycles. The maximum absolute atomic E-state index is 12.5. The lowest BCUT2D eigenvalue weighted by Crippen LogP contribution is -2.34. The Hall–Kier alpha value is -2.89. The first kappa shape index (κ1) is 19.9. The molecule has 1 unspecified atom stereocenters. The van der Waals surface area contributed by atoms with Crippen molar-refractivity contribution in [3.05, 3.63) is 94.2 Å². The molecular weight excluding hydrogens is 397 g/mol. The number of amides is 1. The van der Waals surface area contributed by atoms with E-state index in [1.165, 1.54) is 0 Å². The zero-order valence-electron chi connectivity index (χ0n) is 15.0. The Kier molecular flexibility index (Phi) is 6.63. The van der Waals surface area contributed by atoms with Crippen LogP contribution in [0.1, 0.15) is 18.2 Å². The van der Waals surface area contributed by atoms with Crippen LogP contribution in [0.4, 0.5) is 0 Å². The second-order valence-electron chi connectivity index (χ2n) is 5.85. The quantitative estimate of drug-likeness (QED) is 0.469. The molecule has 0 bridgehead atoms. The van der Waals surface area contributed by atoms with E-state index in [1.807, 2.05) is 48.5 Å². The summed E-state index contributed by atoms with van der Waals surface area (Å²) in [6.07, 6.45) is 0.854. The highest BCUT2D eigenvalue weighted by Gasteiger charge is 2.17. The Balaban J connectivity index is 1.77. The molecule has 0 fully saturated rings. The molecule has 3 aromatic rings. The molecule has 1 atom stereocenters. The second-order valence-corrected chi connectivity index (χ2v) is 6.70. The Bertz CT molecular complexity index is 938. The molecule has 1 amide bonds. The molecule has 142 valence electrons. The van der Waals surface area contributed by atoms with Crippen molar-refractivity contribution in [2.75, 3.05) is 0 Å². The number of carbonyl (C=O) groups is 1. The molecule has 0 saturated heterocycles. The highest BCUT2D eigenvalue weighted by molar-refractivity contribution is 6.35. The molecule has 0 aliphatic rings. The molecule has 0 saturated carbocycles. The number of hydrogen-bond donors (Lipinski definition) is 1. The number of aromatic nitrogens is 1. The van der Waals surface area contributed by atoms with Gasteiger partial charge in [0.1, 0.15) is 11.5 Å². The van der Waals surface area contributed by atoms with Crippen LogP contribution >= 0.6 is 23.2 Å². The number of nitrogens with zero attached hydrogens (tertiary/aromatic N) is 2. The molecule has 1 heterocycles. The lowest BCUT2D eigenvalue weighted by atomic mass is 10.1. The minimum atomic E-state index is -0.816. The minimum absolute atomic E-state index is 0.328. The van der Waals surface area contributed by atoms with E-state index in [2.05, 4.69) is 15.5 Å². The molecule has 3 rings (SSSR count). The molecular formula is C21H17Cl2N3O2. The van der Waals surface area contributed by atoms with Crippen LogP contribution in [0.5, 0.6) is 5.75 Å². The van der Waals surface area contributed by atoms with E-state index < -0.39 is 12.0 Å². The Morgan fingerprint density at radius 2 is 1.82 bits per heavy atom. The summed E-state index contributed by atoms with van der Waals surface area (Å²) in [5.41, 5.74) is 4.56. The third kappa shape index (κ3) is 5.09. The van der Waals surface area contributed by atoms with Gasteiger partial charge < -0.3 is 4.74 Å². The summed E-state index contributed by atoms with van der Waals surface area (Å²) >= 11 is 12.0. The third-order valence-electron chi connectivity index (χ3n) is 3.80. The normalized spacial score (nSPS) is 12.3. The lowest BCUT2D eigenvalue weighted by molar-refractivity contribution is -0.127. The van der Waals surface area contributed by atoms with Gasteiger partial charge in [0, 0.05) is 16.8 Å². The zero-order valence-corrected chi connectivity index (χ0v) is 16.5. The summed E-state index contributed by atoms with van der Waals surface area (Å²) in [5, 5.41) is 5.10. The second kappa shape index (κ2) is 9.35. The van der Waals surface area contributed by atoms with Crippen LogP contribution in [-0.4, -0.2) is 22.7 Å². The van der Waals surface area contributed by atoms with Crippen LogP contribution in [0, 0.1) is 0 Å². The topological polar surface area (TPSA) is 63.6 Å². The number of nitrogens with one attached hydrogen (secondary N) is 1. The summed E-state index contributed by atoms with van der Waals surface area (Å²) < 4.78 is 5.62. The van der Waals surface area contributed by atoms with Gasteiger partial charge in [0.15, 0.2) is 6.10 Å². The van der Waals surface area contributed by atoms with Crippen molar-refractivity contribution in [2.45, 2.75) is 13.0 Å². The molecule has 0 radical (unpaired) electrons. The van der Waals surface area contributed by atoms with E-state index in [0.717, 1.165) is 5.56 Å². The van der Waals surface area contributed by atoms with Gasteiger partial charge in [-0.3, -0.25) is 9.78 Å². The van der Waals surface area contributed by atoms with Crippen LogP contribution in [-0.2, 0) is 4.79 Å². The van der Waals surface area contributed by atoms with Gasteiger partial charge in [-0.1, -0.05) is 59.6 Å². The van der Waals surface area contributed by atoms with Crippen molar-refractivity contribution in [3.8, 4) is 5.75 Å². The average molecular weight is 414 g/mol. The molecule has 0 spiro atoms. The number of carbonyl (C=O) groups excluding carboxylic acids is 1. The average Bonchev–Trinajstić information content (AvgIpc) is 2.71. The largest absolute Gasteiger partial charge is 0.479 e. The number of pyridine rings is 1. The van der Waals surface area contributed by atoms with E-state index in [9.17, 15) is 4.79 Å². The fourth-order valence-electron chi connectivity index (χ4n) is 2.39. The van der Waals surface area contributed by atoms with Gasteiger partial charge >= 0.3 is 0 Å². The minimum Gasteiger partial charge on any atom is -0.479 e. The first-order chi connectivity index (χ1) is 13.5. The van der Waals surface area contributed by atoms with Crippen molar-refractivity contribution in [3.63, 3.8) is 0 Å². The smallest absolute Gasteiger partial charge is 0.280 e. The van der Waals surface area contributed by atoms with Gasteiger partial charge in [-0.05, 0) is 37.3 Å². The van der Waals surface area contributed by atoms with Gasteiger partial charge in [-0.25, -0.2) is 5.43 Å². The molecule has 28 heavy (non-hydrogen) atoms. The number of rotatable bonds is 6. The maximum atomic E-state index is 12.5. The molecule has 1 aromatic heterocycles. The monoisotopic (exact) mass is 413 g/mol. The first-order valence-electron chi connectivity index (χ1n) is 8.50. The summed E-state index contributed by atoms with van der Waals surface area (Å²) in [4.78, 5) is 16.8. The standard InChI is InChI=1S/C21H17Cl2N3O2/c1-14(28-19-11-10-16(22)13-17(19)23)21(27)26-25-20(15-7-3-2-4-8-15)18-9-5-6-12-24-18/h2-14H,1H3,(H,26,27)/b25-20+. The summed E-state index contributed by atoms with van der Waals surface area (Å²) in [7, 11) is 0. The third-order valence-corrected chi connectivity index (χ3v) is 4.33. The number of hydrogen-bond acceptors (Lipinski definition) is 4. The van der Waals surface area contributed by atoms with Crippen LogP contribution < -0.4 is 10.2 Å². The Morgan fingerprint density at radius 1 is 1.07 bits per heavy atom. The zero-order chi connectivity index (χ0) is 19.9. The van der Waals surface area contributed by atoms with E-state index in [4.69, 9.17) is 27.9 Å². The van der Waals surface area contributed by atoms with Gasteiger partial charge in [0.05, 0.1) is 10.7 Å². The van der Waals surface area contributed by atoms with E-state index >= 15 is 0 Å². The molecule has 1 N–H and O–H groups in total. The van der Waals surface area contributed by atoms with E-state index in [-0.39, 0.29) is 0 Å². The maximum Gasteiger partial charge on any atom is 0.280 e. The van der Waals surface area contributed by atoms with Crippen molar-refractivity contribution in [2.24, 2.45) is 5.10 Å². The highest BCUT2D eigenvalue weighted by Crippen LogP contribution is 2.28. The van der Waals surface area contributed by atoms with Crippen LogP contribution in [0.15, 0.2) is 78.0 Å². The fraction of sp³-hybridized carbons (Fsp3) is 0.0952. The Morgan fingerprint density at radius 3 is 2.50 bits per heavy atom. The SMILES string of the molecule is CC(Oc1ccc(Cl)cc1Cl)C(=O)N/N=C(\c1ccccc1)c1ccccn1. The predicted molar refractivity (Wildman–Crippen MR) is 111 cm³/mol. The predicted octanol–water partition coefficient (Wildman–Crippen LogP) is 4.72. The van der Waals surface area contributed by atoms with E-state index in [1.54, 1.807) is 31.3 Å². The Labute approximate surface area is 173 Å². The van der Waals surface area contributed by atoms with Crippen LogP contribution in [0.3, 0.4) is 0 Å². The van der Waals surface area contributed by atoms with Crippen LogP contribution in [0.2, 0.25) is 10.0 Å². The summed E-state index contributed by atoms with van der Waals surface area (Å²) in [6.45, 7) is 1.61. The molecule has 0 aliphatic carbocycles. The number of halogens is 2. The van der Waals surface area contributed by atoms with Crippen molar-refractivity contribution in [1.29, 1.82) is 0 Å². The van der Waals surface area contributed by atoms with Gasteiger partial charge in [0.2, 0.25) is 0 Å². The van der Waals surface area contributed by atoms with Crippen molar-refractivity contribution < 1.29 is 9.53 Å². The van der Waals surface area contributed by atoms with E-state index in [0.29, 0.717) is 27.2 Å². The van der Waals surface area contributed by atoms with Crippen LogP contribution in [0.25, 0.3) is 0 Å². The molecule has 5 nitrogen and oxygen atoms in total.